The van der Waals surface area contributed by atoms with Crippen LogP contribution in [-0.4, -0.2) is 19.2 Å². The number of methoxy groups -OCH3 is 1. The lowest BCUT2D eigenvalue weighted by atomic mass is 10.2. The Balaban J connectivity index is 1.70. The van der Waals surface area contributed by atoms with Gasteiger partial charge >= 0.3 is 0 Å². The molecule has 3 rings (SSSR count). The maximum absolute atomic E-state index is 12.1. The van der Waals surface area contributed by atoms with Crippen LogP contribution in [0.3, 0.4) is 0 Å². The van der Waals surface area contributed by atoms with Crippen molar-refractivity contribution in [1.29, 1.82) is 0 Å². The molecule has 0 saturated heterocycles. The lowest BCUT2D eigenvalue weighted by molar-refractivity contribution is 0.0955. The van der Waals surface area contributed by atoms with Crippen LogP contribution in [0.4, 0.5) is 0 Å². The van der Waals surface area contributed by atoms with E-state index in [2.05, 4.69) is 26.5 Å². The predicted octanol–water partition coefficient (Wildman–Crippen LogP) is 6.11. The van der Waals surface area contributed by atoms with Crippen molar-refractivity contribution in [3.63, 3.8) is 0 Å². The number of halogens is 3. The molecular weight excluding hydrogens is 491 g/mol. The van der Waals surface area contributed by atoms with Gasteiger partial charge in [-0.05, 0) is 58.4 Å². The van der Waals surface area contributed by atoms with E-state index in [0.29, 0.717) is 39.3 Å². The van der Waals surface area contributed by atoms with Crippen molar-refractivity contribution in [2.45, 2.75) is 6.61 Å². The summed E-state index contributed by atoms with van der Waals surface area (Å²) in [7, 11) is 1.55. The molecule has 0 radical (unpaired) electrons. The third-order valence-electron chi connectivity index (χ3n) is 4.10. The molecule has 0 aliphatic heterocycles. The van der Waals surface area contributed by atoms with Gasteiger partial charge in [-0.1, -0.05) is 41.4 Å². The van der Waals surface area contributed by atoms with Crippen molar-refractivity contribution in [2.75, 3.05) is 7.11 Å². The number of ether oxygens (including phenoxy) is 2. The molecule has 1 amide bonds. The zero-order valence-electron chi connectivity index (χ0n) is 15.9. The number of amides is 1. The number of nitrogens with zero attached hydrogens (tertiary/aromatic N) is 1. The first-order chi connectivity index (χ1) is 14.5. The van der Waals surface area contributed by atoms with Crippen molar-refractivity contribution in [3.8, 4) is 11.5 Å². The first kappa shape index (κ1) is 22.2. The third-order valence-corrected chi connectivity index (χ3v) is 5.41. The Morgan fingerprint density at radius 2 is 1.83 bits per heavy atom. The van der Waals surface area contributed by atoms with Crippen LogP contribution in [-0.2, 0) is 6.61 Å². The third kappa shape index (κ3) is 5.75. The summed E-state index contributed by atoms with van der Waals surface area (Å²) < 4.78 is 12.0. The van der Waals surface area contributed by atoms with Gasteiger partial charge in [0.05, 0.1) is 13.3 Å². The van der Waals surface area contributed by atoms with Gasteiger partial charge in [0.25, 0.3) is 5.91 Å². The topological polar surface area (TPSA) is 59.9 Å². The fourth-order valence-corrected chi connectivity index (χ4v) is 3.26. The van der Waals surface area contributed by atoms with Crippen molar-refractivity contribution in [2.24, 2.45) is 5.10 Å². The normalized spacial score (nSPS) is 10.8. The van der Waals surface area contributed by atoms with E-state index in [1.54, 1.807) is 43.5 Å². The first-order valence-electron chi connectivity index (χ1n) is 8.80. The van der Waals surface area contributed by atoms with Crippen LogP contribution >= 0.6 is 39.1 Å². The fraction of sp³-hybridized carbons (Fsp3) is 0.0909. The van der Waals surface area contributed by atoms with Crippen molar-refractivity contribution < 1.29 is 14.3 Å². The van der Waals surface area contributed by atoms with Crippen LogP contribution in [0.15, 0.2) is 70.2 Å². The van der Waals surface area contributed by atoms with Gasteiger partial charge in [-0.3, -0.25) is 4.79 Å². The van der Waals surface area contributed by atoms with Crippen LogP contribution in [0.25, 0.3) is 0 Å². The first-order valence-corrected chi connectivity index (χ1v) is 10.4. The van der Waals surface area contributed by atoms with Gasteiger partial charge in [-0.25, -0.2) is 5.43 Å². The zero-order valence-corrected chi connectivity index (χ0v) is 19.0. The van der Waals surface area contributed by atoms with E-state index < -0.39 is 0 Å². The van der Waals surface area contributed by atoms with Crippen LogP contribution in [0, 0.1) is 0 Å². The molecule has 0 atom stereocenters. The quantitative estimate of drug-likeness (QED) is 0.310. The molecule has 1 N–H and O–H groups in total. The van der Waals surface area contributed by atoms with E-state index in [-0.39, 0.29) is 5.91 Å². The van der Waals surface area contributed by atoms with Crippen molar-refractivity contribution in [1.82, 2.24) is 5.43 Å². The Labute approximate surface area is 192 Å². The standard InChI is InChI=1S/C22H17BrCl2N2O3/c1-29-20-10-16(12-26-27-22(28)14-6-8-17(24)9-7-14)18(23)11-21(20)30-13-15-4-2-3-5-19(15)25/h2-12H,13H2,1H3,(H,27,28)/b26-12-. The van der Waals surface area contributed by atoms with E-state index in [9.17, 15) is 4.79 Å². The second kappa shape index (κ2) is 10.5. The summed E-state index contributed by atoms with van der Waals surface area (Å²) in [6.07, 6.45) is 1.51. The highest BCUT2D eigenvalue weighted by molar-refractivity contribution is 9.10. The number of benzene rings is 3. The minimum absolute atomic E-state index is 0.299. The number of carbonyl (C=O) groups is 1. The Bertz CT molecular complexity index is 1070. The molecule has 0 bridgehead atoms. The summed E-state index contributed by atoms with van der Waals surface area (Å²) in [6.45, 7) is 0.299. The van der Waals surface area contributed by atoms with E-state index in [1.807, 2.05) is 24.3 Å². The van der Waals surface area contributed by atoms with E-state index >= 15 is 0 Å². The Kier molecular flexibility index (Phi) is 7.74. The van der Waals surface area contributed by atoms with E-state index in [0.717, 1.165) is 10.0 Å². The lowest BCUT2D eigenvalue weighted by Crippen LogP contribution is -2.17. The number of hydrogen-bond acceptors (Lipinski definition) is 4. The number of hydrazone groups is 1. The molecule has 0 fully saturated rings. The maximum atomic E-state index is 12.1. The van der Waals surface area contributed by atoms with Crippen LogP contribution in [0.2, 0.25) is 10.0 Å². The average Bonchev–Trinajstić information content (AvgIpc) is 2.74. The minimum Gasteiger partial charge on any atom is -0.493 e. The van der Waals surface area contributed by atoms with Gasteiger partial charge in [-0.15, -0.1) is 0 Å². The van der Waals surface area contributed by atoms with Gasteiger partial charge in [-0.2, -0.15) is 5.10 Å². The molecule has 154 valence electrons. The molecule has 0 aromatic heterocycles. The zero-order chi connectivity index (χ0) is 21.5. The van der Waals surface area contributed by atoms with Gasteiger partial charge < -0.3 is 9.47 Å². The summed E-state index contributed by atoms with van der Waals surface area (Å²) in [4.78, 5) is 12.1. The molecule has 0 aliphatic rings. The highest BCUT2D eigenvalue weighted by atomic mass is 79.9. The molecule has 0 aliphatic carbocycles. The highest BCUT2D eigenvalue weighted by Gasteiger charge is 2.11. The van der Waals surface area contributed by atoms with E-state index in [4.69, 9.17) is 32.7 Å². The van der Waals surface area contributed by atoms with Crippen LogP contribution < -0.4 is 14.9 Å². The van der Waals surface area contributed by atoms with Gasteiger partial charge in [0.15, 0.2) is 11.5 Å². The molecule has 3 aromatic rings. The monoisotopic (exact) mass is 506 g/mol. The molecule has 0 heterocycles. The number of hydrogen-bond donors (Lipinski definition) is 1. The molecular formula is C22H17BrCl2N2O3. The van der Waals surface area contributed by atoms with Gasteiger partial charge in [0.1, 0.15) is 6.61 Å². The summed E-state index contributed by atoms with van der Waals surface area (Å²) >= 11 is 15.5. The minimum atomic E-state index is -0.342. The van der Waals surface area contributed by atoms with Gasteiger partial charge in [0.2, 0.25) is 0 Å². The number of rotatable bonds is 7. The molecule has 0 saturated carbocycles. The molecule has 8 heteroatoms. The summed E-state index contributed by atoms with van der Waals surface area (Å²) in [6, 6.07) is 17.5. The van der Waals surface area contributed by atoms with Gasteiger partial charge in [0, 0.05) is 31.2 Å². The number of nitrogens with one attached hydrogen (secondary N) is 1. The Morgan fingerprint density at radius 1 is 1.10 bits per heavy atom. The number of carbonyl (C=O) groups excluding carboxylic acids is 1. The second-order valence-corrected chi connectivity index (χ2v) is 7.81. The largest absolute Gasteiger partial charge is 0.493 e. The maximum Gasteiger partial charge on any atom is 0.271 e. The summed E-state index contributed by atoms with van der Waals surface area (Å²) in [5, 5.41) is 5.20. The van der Waals surface area contributed by atoms with Crippen molar-refractivity contribution >= 4 is 51.3 Å². The fourth-order valence-electron chi connectivity index (χ4n) is 2.52. The molecule has 0 spiro atoms. The molecule has 30 heavy (non-hydrogen) atoms. The average molecular weight is 508 g/mol. The van der Waals surface area contributed by atoms with Crippen LogP contribution in [0.1, 0.15) is 21.5 Å². The lowest BCUT2D eigenvalue weighted by Gasteiger charge is -2.13. The summed E-state index contributed by atoms with van der Waals surface area (Å²) in [5.74, 6) is 0.730. The van der Waals surface area contributed by atoms with Crippen molar-refractivity contribution in [3.05, 3.63) is 91.9 Å². The smallest absolute Gasteiger partial charge is 0.271 e. The van der Waals surface area contributed by atoms with E-state index in [1.165, 1.54) is 6.21 Å². The highest BCUT2D eigenvalue weighted by Crippen LogP contribution is 2.34. The molecule has 3 aromatic carbocycles. The Hall–Kier alpha value is -2.54. The Morgan fingerprint density at radius 3 is 2.53 bits per heavy atom. The molecule has 5 nitrogen and oxygen atoms in total. The SMILES string of the molecule is COc1cc(/C=N\NC(=O)c2ccc(Cl)cc2)c(Br)cc1OCc1ccccc1Cl. The van der Waals surface area contributed by atoms with Crippen LogP contribution in [0.5, 0.6) is 11.5 Å². The second-order valence-electron chi connectivity index (χ2n) is 6.11. The summed E-state index contributed by atoms with van der Waals surface area (Å²) in [5.41, 5.74) is 4.50. The molecule has 0 unspecified atom stereocenters. The predicted molar refractivity (Wildman–Crippen MR) is 123 cm³/mol.